The maximum atomic E-state index is 7.75. The van der Waals surface area contributed by atoms with Crippen LogP contribution in [0.5, 0.6) is 0 Å². The van der Waals surface area contributed by atoms with Crippen molar-refractivity contribution in [3.63, 3.8) is 0 Å². The van der Waals surface area contributed by atoms with Gasteiger partial charge in [0.05, 0.1) is 37.1 Å². The summed E-state index contributed by atoms with van der Waals surface area (Å²) in [5, 5.41) is 11.0. The van der Waals surface area contributed by atoms with Gasteiger partial charge in [0.1, 0.15) is 0 Å². The Morgan fingerprint density at radius 3 is 1.16 bits per heavy atom. The summed E-state index contributed by atoms with van der Waals surface area (Å²) in [7, 11) is 2.97. The molecule has 1 atom stereocenters. The molecule has 0 spiro atoms. The van der Waals surface area contributed by atoms with E-state index in [-0.39, 0.29) is 0 Å². The fourth-order valence-corrected chi connectivity index (χ4v) is 9.19. The van der Waals surface area contributed by atoms with E-state index >= 15 is 0 Å². The Morgan fingerprint density at radius 1 is 0.553 bits per heavy atom. The number of rotatable bonds is 10. The molecule has 0 aliphatic heterocycles. The first-order valence-corrected chi connectivity index (χ1v) is 18.4. The molecule has 0 saturated heterocycles. The molecule has 0 aliphatic rings. The van der Waals surface area contributed by atoms with Gasteiger partial charge in [-0.05, 0) is 69.3 Å². The Balaban J connectivity index is 0.00000121. The number of carbonyl (C=O) groups excluding carboxylic acids is 1. The van der Waals surface area contributed by atoms with Crippen molar-refractivity contribution < 1.29 is 22.1 Å². The number of benzene rings is 4. The van der Waals surface area contributed by atoms with E-state index < -0.39 is 15.8 Å². The monoisotopic (exact) mass is 651 g/mol. The standard InChI is InChI=1S/C31H34NP2.CHO.ClH.Ru.H/c1-25-9-15-29(16-10-25)33(28-7-5-4-6-8-28)23-21-32-22-24-34(30-17-11-26(2)12-18-30)31-19-13-27(3)14-20-31;1-2;;;/h4-20H,21-24H2,1-3H3;1H;1H;;/q2*-1;;+3;/p+1. The zero-order chi connectivity index (χ0) is 27.8. The number of aryl methyl sites for hydroxylation is 3. The van der Waals surface area contributed by atoms with Crippen LogP contribution in [0.1, 0.15) is 16.7 Å². The molecule has 0 fully saturated rings. The molecule has 1 unspecified atom stereocenters. The summed E-state index contributed by atoms with van der Waals surface area (Å²) < 4.78 is 0. The molecule has 0 saturated carbocycles. The van der Waals surface area contributed by atoms with E-state index in [2.05, 4.69) is 140 Å². The van der Waals surface area contributed by atoms with E-state index in [1.165, 1.54) is 37.9 Å². The van der Waals surface area contributed by atoms with Gasteiger partial charge in [-0.1, -0.05) is 71.3 Å². The maximum absolute atomic E-state index is 7.75. The van der Waals surface area contributed by atoms with E-state index in [4.69, 9.17) is 10.1 Å². The predicted molar refractivity (Wildman–Crippen MR) is 172 cm³/mol. The third-order valence-corrected chi connectivity index (χ3v) is 11.9. The van der Waals surface area contributed by atoms with Crippen molar-refractivity contribution in [3.05, 3.63) is 125 Å². The van der Waals surface area contributed by atoms with E-state index in [1.807, 2.05) is 0 Å². The van der Waals surface area contributed by atoms with Crippen molar-refractivity contribution >= 4 is 53.5 Å². The second-order valence-corrected chi connectivity index (χ2v) is 14.3. The molecule has 0 N–H and O–H groups in total. The molecule has 0 aliphatic carbocycles. The van der Waals surface area contributed by atoms with Crippen LogP contribution in [0, 0.1) is 20.8 Å². The summed E-state index contributed by atoms with van der Waals surface area (Å²) >= 11 is 1.62. The van der Waals surface area contributed by atoms with Gasteiger partial charge in [0.2, 0.25) is 0 Å². The van der Waals surface area contributed by atoms with Gasteiger partial charge in [-0.15, -0.1) is 13.1 Å². The molecular formula is C32H38ClNOP2Ru+2. The van der Waals surface area contributed by atoms with Gasteiger partial charge in [-0.25, -0.2) is 0 Å². The summed E-state index contributed by atoms with van der Waals surface area (Å²) in [6, 6.07) is 38.5. The fraction of sp³-hybridized carbons (Fsp3) is 0.219. The van der Waals surface area contributed by atoms with Crippen LogP contribution in [-0.2, 0) is 22.1 Å². The quantitative estimate of drug-likeness (QED) is 0.0665. The Labute approximate surface area is 245 Å². The van der Waals surface area contributed by atoms with Crippen LogP contribution in [0.4, 0.5) is 0 Å². The van der Waals surface area contributed by atoms with Crippen molar-refractivity contribution in [2.24, 2.45) is 0 Å². The molecule has 0 heterocycles. The number of nitrogens with zero attached hydrogens (tertiary/aromatic N) is 1. The molecule has 4 aromatic rings. The molecule has 0 bridgehead atoms. The second-order valence-electron chi connectivity index (χ2n) is 9.09. The van der Waals surface area contributed by atoms with Gasteiger partial charge in [-0.2, -0.15) is 0 Å². The Morgan fingerprint density at radius 2 is 0.842 bits per heavy atom. The van der Waals surface area contributed by atoms with Crippen molar-refractivity contribution in [2.75, 3.05) is 25.4 Å². The van der Waals surface area contributed by atoms with Crippen LogP contribution in [0.3, 0.4) is 0 Å². The molecule has 38 heavy (non-hydrogen) atoms. The predicted octanol–water partition coefficient (Wildman–Crippen LogP) is 6.16. The summed E-state index contributed by atoms with van der Waals surface area (Å²) in [5.41, 5.74) is 3.97. The average molecular weight is 651 g/mol. The molecule has 0 amide bonds. The molecule has 4 rings (SSSR count). The van der Waals surface area contributed by atoms with Crippen molar-refractivity contribution in [3.8, 4) is 0 Å². The number of hydrogen-bond acceptors (Lipinski definition) is 1. The fourth-order valence-electron chi connectivity index (χ4n) is 4.31. The minimum atomic E-state index is -0.827. The topological polar surface area (TPSA) is 31.2 Å². The molecule has 0 radical (unpaired) electrons. The summed E-state index contributed by atoms with van der Waals surface area (Å²) in [4.78, 5) is 7.75. The first-order chi connectivity index (χ1) is 18.6. The van der Waals surface area contributed by atoms with Gasteiger partial charge in [0, 0.05) is 12.3 Å². The molecule has 6 heteroatoms. The van der Waals surface area contributed by atoms with Crippen molar-refractivity contribution in [1.82, 2.24) is 0 Å². The van der Waals surface area contributed by atoms with Crippen LogP contribution >= 0.6 is 25.5 Å². The Kier molecular flexibility index (Phi) is 15.9. The summed E-state index contributed by atoms with van der Waals surface area (Å²) in [6.07, 6.45) is 2.30. The van der Waals surface area contributed by atoms with E-state index in [0.717, 1.165) is 25.4 Å². The Hall–Kier alpha value is -1.72. The zero-order valence-corrected chi connectivity index (χ0v) is 26.9. The average Bonchev–Trinajstić information content (AvgIpc) is 2.97. The van der Waals surface area contributed by atoms with Crippen LogP contribution in [-0.4, -0.2) is 32.2 Å². The van der Waals surface area contributed by atoms with E-state index in [9.17, 15) is 0 Å². The molecule has 4 aromatic carbocycles. The van der Waals surface area contributed by atoms with E-state index in [1.54, 1.807) is 17.3 Å². The van der Waals surface area contributed by atoms with Crippen LogP contribution < -0.4 is 21.2 Å². The molecule has 200 valence electrons. The van der Waals surface area contributed by atoms with Crippen molar-refractivity contribution in [2.45, 2.75) is 20.8 Å². The third kappa shape index (κ3) is 10.5. The van der Waals surface area contributed by atoms with Crippen LogP contribution in [0.25, 0.3) is 5.32 Å². The first kappa shape index (κ1) is 32.5. The van der Waals surface area contributed by atoms with Gasteiger partial charge in [0.15, 0.2) is 0 Å². The third-order valence-electron chi connectivity index (χ3n) is 6.36. The molecular weight excluding hydrogens is 613 g/mol. The second kappa shape index (κ2) is 18.5. The van der Waals surface area contributed by atoms with Crippen LogP contribution in [0.15, 0.2) is 103 Å². The summed E-state index contributed by atoms with van der Waals surface area (Å²) in [6.45, 7) is 11.6. The van der Waals surface area contributed by atoms with Gasteiger partial charge in [-0.3, -0.25) is 6.79 Å². The molecule has 0 aromatic heterocycles. The Bertz CT molecular complexity index is 1130. The molecule has 2 nitrogen and oxygen atoms in total. The minimum absolute atomic E-state index is 0.815. The number of hydrogen-bond donors (Lipinski definition) is 0. The van der Waals surface area contributed by atoms with Gasteiger partial charge >= 0.3 is 27.0 Å². The summed E-state index contributed by atoms with van der Waals surface area (Å²) in [5.74, 6) is 0. The first-order valence-electron chi connectivity index (χ1n) is 12.6. The normalized spacial score (nSPS) is 11.1. The van der Waals surface area contributed by atoms with Gasteiger partial charge in [0.25, 0.3) is 0 Å². The van der Waals surface area contributed by atoms with Crippen molar-refractivity contribution in [1.29, 1.82) is 0 Å². The van der Waals surface area contributed by atoms with E-state index in [0.29, 0.717) is 0 Å². The number of halogens is 1. The zero-order valence-electron chi connectivity index (χ0n) is 22.3. The SMILES string of the molecule is Cc1ccc([PH+](CC[N-]CC[PH+](c2ccc(C)cc2)c2ccc(C)cc2)c2ccccc2)cc1.[CH-]=O.[Cl][RuH+2]. The van der Waals surface area contributed by atoms with Gasteiger partial charge < -0.3 is 10.1 Å². The van der Waals surface area contributed by atoms with Crippen LogP contribution in [0.2, 0.25) is 0 Å².